The Kier molecular flexibility index (Phi) is 3.77. The van der Waals surface area contributed by atoms with Gasteiger partial charge in [-0.05, 0) is 24.7 Å². The largest absolute Gasteiger partial charge is 0.346 e. The summed E-state index contributed by atoms with van der Waals surface area (Å²) in [6.45, 7) is 7.45. The van der Waals surface area contributed by atoms with Crippen LogP contribution in [-0.2, 0) is 4.79 Å². The first-order valence-electron chi connectivity index (χ1n) is 5.80. The molecule has 0 aromatic carbocycles. The molecule has 1 aliphatic rings. The van der Waals surface area contributed by atoms with Crippen molar-refractivity contribution in [2.45, 2.75) is 46.1 Å². The van der Waals surface area contributed by atoms with Crippen LogP contribution in [0.4, 0.5) is 0 Å². The van der Waals surface area contributed by atoms with Crippen LogP contribution in [-0.4, -0.2) is 30.4 Å². The van der Waals surface area contributed by atoms with Crippen molar-refractivity contribution in [1.82, 2.24) is 4.90 Å². The number of hydrogen-bond donors (Lipinski definition) is 1. The van der Waals surface area contributed by atoms with E-state index in [-0.39, 0.29) is 17.9 Å². The van der Waals surface area contributed by atoms with Crippen molar-refractivity contribution < 1.29 is 4.79 Å². The summed E-state index contributed by atoms with van der Waals surface area (Å²) in [7, 11) is 1.90. The monoisotopic (exact) mass is 212 g/mol. The fraction of sp³-hybridized carbons (Fsp3) is 0.917. The molecule has 0 bridgehead atoms. The summed E-state index contributed by atoms with van der Waals surface area (Å²) in [4.78, 5) is 13.7. The van der Waals surface area contributed by atoms with Gasteiger partial charge in [0.05, 0.1) is 0 Å². The summed E-state index contributed by atoms with van der Waals surface area (Å²) < 4.78 is 0. The molecule has 0 spiro atoms. The zero-order valence-electron chi connectivity index (χ0n) is 10.4. The predicted octanol–water partition coefficient (Wildman–Crippen LogP) is 1.62. The van der Waals surface area contributed by atoms with Crippen LogP contribution in [0.15, 0.2) is 0 Å². The van der Waals surface area contributed by atoms with Crippen molar-refractivity contribution in [2.75, 3.05) is 13.6 Å². The fourth-order valence-corrected chi connectivity index (χ4v) is 1.79. The molecule has 1 aliphatic carbocycles. The van der Waals surface area contributed by atoms with Gasteiger partial charge in [-0.3, -0.25) is 4.79 Å². The number of hydrogen-bond acceptors (Lipinski definition) is 2. The topological polar surface area (TPSA) is 46.3 Å². The number of rotatable bonds is 3. The molecule has 0 aliphatic heterocycles. The van der Waals surface area contributed by atoms with Crippen molar-refractivity contribution in [2.24, 2.45) is 17.1 Å². The van der Waals surface area contributed by atoms with Gasteiger partial charge in [0.2, 0.25) is 5.91 Å². The third-order valence-corrected chi connectivity index (χ3v) is 3.10. The molecule has 1 amide bonds. The SMILES string of the molecule is CN(CCC(C)(C)C)C(=O)C1CC(N)C1. The highest BCUT2D eigenvalue weighted by Gasteiger charge is 2.33. The Morgan fingerprint density at radius 3 is 2.33 bits per heavy atom. The molecular formula is C12H24N2O. The first-order chi connectivity index (χ1) is 6.79. The van der Waals surface area contributed by atoms with Gasteiger partial charge < -0.3 is 10.6 Å². The van der Waals surface area contributed by atoms with Crippen molar-refractivity contribution >= 4 is 5.91 Å². The molecule has 2 N–H and O–H groups in total. The first kappa shape index (κ1) is 12.5. The molecule has 1 saturated carbocycles. The zero-order chi connectivity index (χ0) is 11.6. The van der Waals surface area contributed by atoms with Crippen molar-refractivity contribution in [3.8, 4) is 0 Å². The molecule has 1 rings (SSSR count). The molecule has 3 heteroatoms. The van der Waals surface area contributed by atoms with E-state index in [1.165, 1.54) is 0 Å². The number of carbonyl (C=O) groups excluding carboxylic acids is 1. The summed E-state index contributed by atoms with van der Waals surface area (Å²) in [5, 5.41) is 0. The maximum atomic E-state index is 11.9. The summed E-state index contributed by atoms with van der Waals surface area (Å²) in [5.41, 5.74) is 5.98. The highest BCUT2D eigenvalue weighted by atomic mass is 16.2. The lowest BCUT2D eigenvalue weighted by atomic mass is 9.80. The van der Waals surface area contributed by atoms with Crippen LogP contribution in [0.5, 0.6) is 0 Å². The highest BCUT2D eigenvalue weighted by Crippen LogP contribution is 2.27. The van der Waals surface area contributed by atoms with Crippen LogP contribution < -0.4 is 5.73 Å². The minimum atomic E-state index is 0.199. The molecule has 0 aromatic heterocycles. The second-order valence-electron chi connectivity index (χ2n) is 6.00. The average Bonchev–Trinajstić information content (AvgIpc) is 2.06. The number of nitrogens with zero attached hydrogens (tertiary/aromatic N) is 1. The van der Waals surface area contributed by atoms with Crippen molar-refractivity contribution in [3.05, 3.63) is 0 Å². The van der Waals surface area contributed by atoms with Gasteiger partial charge >= 0.3 is 0 Å². The van der Waals surface area contributed by atoms with Crippen molar-refractivity contribution in [1.29, 1.82) is 0 Å². The summed E-state index contributed by atoms with van der Waals surface area (Å²) in [6.07, 6.45) is 2.80. The van der Waals surface area contributed by atoms with Gasteiger partial charge in [0.1, 0.15) is 0 Å². The lowest BCUT2D eigenvalue weighted by Crippen LogP contribution is -2.46. The van der Waals surface area contributed by atoms with Crippen LogP contribution in [0.25, 0.3) is 0 Å². The van der Waals surface area contributed by atoms with E-state index in [9.17, 15) is 4.79 Å². The predicted molar refractivity (Wildman–Crippen MR) is 62.4 cm³/mol. The van der Waals surface area contributed by atoms with Crippen LogP contribution >= 0.6 is 0 Å². The average molecular weight is 212 g/mol. The van der Waals surface area contributed by atoms with Crippen LogP contribution in [0, 0.1) is 11.3 Å². The maximum absolute atomic E-state index is 11.9. The Labute approximate surface area is 93.0 Å². The minimum absolute atomic E-state index is 0.199. The van der Waals surface area contributed by atoms with Gasteiger partial charge in [0.25, 0.3) is 0 Å². The fourth-order valence-electron chi connectivity index (χ4n) is 1.79. The Hall–Kier alpha value is -0.570. The molecule has 88 valence electrons. The van der Waals surface area contributed by atoms with Crippen LogP contribution in [0.2, 0.25) is 0 Å². The Morgan fingerprint density at radius 1 is 1.40 bits per heavy atom. The molecule has 0 aromatic rings. The lowest BCUT2D eigenvalue weighted by Gasteiger charge is -2.35. The van der Waals surface area contributed by atoms with E-state index in [0.29, 0.717) is 5.41 Å². The van der Waals surface area contributed by atoms with E-state index in [2.05, 4.69) is 20.8 Å². The van der Waals surface area contributed by atoms with Gasteiger partial charge in [-0.2, -0.15) is 0 Å². The molecular weight excluding hydrogens is 188 g/mol. The lowest BCUT2D eigenvalue weighted by molar-refractivity contribution is -0.137. The maximum Gasteiger partial charge on any atom is 0.225 e. The van der Waals surface area contributed by atoms with E-state index in [1.807, 2.05) is 11.9 Å². The number of carbonyl (C=O) groups is 1. The Bertz CT molecular complexity index is 226. The molecule has 1 fully saturated rings. The van der Waals surface area contributed by atoms with Crippen LogP contribution in [0.1, 0.15) is 40.0 Å². The Morgan fingerprint density at radius 2 is 1.93 bits per heavy atom. The van der Waals surface area contributed by atoms with E-state index in [1.54, 1.807) is 0 Å². The molecule has 0 heterocycles. The normalized spacial score (nSPS) is 25.9. The molecule has 3 nitrogen and oxygen atoms in total. The van der Waals surface area contributed by atoms with Gasteiger partial charge in [-0.25, -0.2) is 0 Å². The molecule has 0 radical (unpaired) electrons. The number of nitrogens with two attached hydrogens (primary N) is 1. The van der Waals surface area contributed by atoms with Crippen LogP contribution in [0.3, 0.4) is 0 Å². The molecule has 0 unspecified atom stereocenters. The Balaban J connectivity index is 2.28. The summed E-state index contributed by atoms with van der Waals surface area (Å²) in [6, 6.07) is 0.259. The quantitative estimate of drug-likeness (QED) is 0.772. The van der Waals surface area contributed by atoms with Gasteiger partial charge in [0, 0.05) is 25.6 Å². The minimum Gasteiger partial charge on any atom is -0.346 e. The third kappa shape index (κ3) is 3.82. The number of amides is 1. The summed E-state index contributed by atoms with van der Waals surface area (Å²) in [5.74, 6) is 0.478. The van der Waals surface area contributed by atoms with Gasteiger partial charge in [-0.15, -0.1) is 0 Å². The molecule has 0 atom stereocenters. The standard InChI is InChI=1S/C12H24N2O/c1-12(2,3)5-6-14(4)11(15)9-7-10(13)8-9/h9-10H,5-8,13H2,1-4H3. The third-order valence-electron chi connectivity index (χ3n) is 3.10. The molecule has 0 saturated heterocycles. The first-order valence-corrected chi connectivity index (χ1v) is 5.80. The van der Waals surface area contributed by atoms with Gasteiger partial charge in [0.15, 0.2) is 0 Å². The van der Waals surface area contributed by atoms with E-state index in [4.69, 9.17) is 5.73 Å². The highest BCUT2D eigenvalue weighted by molar-refractivity contribution is 5.79. The summed E-state index contributed by atoms with van der Waals surface area (Å²) >= 11 is 0. The second kappa shape index (κ2) is 4.52. The smallest absolute Gasteiger partial charge is 0.225 e. The van der Waals surface area contributed by atoms with E-state index < -0.39 is 0 Å². The van der Waals surface area contributed by atoms with Crippen molar-refractivity contribution in [3.63, 3.8) is 0 Å². The zero-order valence-corrected chi connectivity index (χ0v) is 10.4. The molecule has 15 heavy (non-hydrogen) atoms. The van der Waals surface area contributed by atoms with Gasteiger partial charge in [-0.1, -0.05) is 20.8 Å². The van der Waals surface area contributed by atoms with E-state index >= 15 is 0 Å². The second-order valence-corrected chi connectivity index (χ2v) is 6.00. The van der Waals surface area contributed by atoms with E-state index in [0.717, 1.165) is 25.8 Å².